The number of amides is 1. The maximum atomic E-state index is 12.0. The first-order chi connectivity index (χ1) is 9.35. The van der Waals surface area contributed by atoms with Gasteiger partial charge in [0.05, 0.1) is 6.61 Å². The third kappa shape index (κ3) is 4.67. The second-order valence-corrected chi connectivity index (χ2v) is 5.07. The molecule has 0 radical (unpaired) electrons. The van der Waals surface area contributed by atoms with Gasteiger partial charge in [-0.15, -0.1) is 0 Å². The lowest BCUT2D eigenvalue weighted by Crippen LogP contribution is -2.47. The topological polar surface area (TPSA) is 72.6 Å². The van der Waals surface area contributed by atoms with Crippen molar-refractivity contribution in [1.82, 2.24) is 4.90 Å². The predicted octanol–water partition coefficient (Wildman–Crippen LogP) is 1.84. The van der Waals surface area contributed by atoms with Crippen molar-refractivity contribution in [1.29, 1.82) is 0 Å². The Hall–Kier alpha value is -1.30. The molecule has 1 atom stereocenters. The summed E-state index contributed by atoms with van der Waals surface area (Å²) in [5.74, 6) is -1.27. The fourth-order valence-electron chi connectivity index (χ4n) is 1.62. The number of hydrogen-bond donors (Lipinski definition) is 1. The zero-order chi connectivity index (χ0) is 15.3. The molecule has 1 unspecified atom stereocenters. The largest absolute Gasteiger partial charge is 0.464 e. The van der Waals surface area contributed by atoms with Crippen LogP contribution in [-0.4, -0.2) is 36.5 Å². The molecule has 5 nitrogen and oxygen atoms in total. The number of halogens is 2. The normalized spacial score (nSPS) is 11.8. The van der Waals surface area contributed by atoms with Crippen molar-refractivity contribution in [2.75, 3.05) is 13.7 Å². The van der Waals surface area contributed by atoms with Crippen molar-refractivity contribution in [3.05, 3.63) is 33.8 Å². The lowest BCUT2D eigenvalue weighted by atomic mass is 10.2. The lowest BCUT2D eigenvalue weighted by molar-refractivity contribution is -0.150. The van der Waals surface area contributed by atoms with Crippen LogP contribution in [0, 0.1) is 0 Å². The molecule has 1 amide bonds. The maximum Gasteiger partial charge on any atom is 0.332 e. The molecule has 0 saturated heterocycles. The second-order valence-electron chi connectivity index (χ2n) is 4.20. The number of ether oxygens (including phenoxy) is 1. The van der Waals surface area contributed by atoms with E-state index in [9.17, 15) is 9.59 Å². The fraction of sp³-hybridized carbons (Fsp3) is 0.385. The van der Waals surface area contributed by atoms with Crippen molar-refractivity contribution in [3.8, 4) is 0 Å². The van der Waals surface area contributed by atoms with Crippen LogP contribution in [0.25, 0.3) is 0 Å². The Bertz CT molecular complexity index is 488. The van der Waals surface area contributed by atoms with Gasteiger partial charge in [0.25, 0.3) is 5.91 Å². The molecule has 0 aliphatic rings. The average molecular weight is 319 g/mol. The molecule has 20 heavy (non-hydrogen) atoms. The van der Waals surface area contributed by atoms with Gasteiger partial charge in [-0.1, -0.05) is 23.2 Å². The number of hydrogen-bond acceptors (Lipinski definition) is 4. The first-order valence-corrected chi connectivity index (χ1v) is 6.73. The summed E-state index contributed by atoms with van der Waals surface area (Å²) in [5, 5.41) is 0.950. The van der Waals surface area contributed by atoms with E-state index in [1.54, 1.807) is 25.1 Å². The van der Waals surface area contributed by atoms with Crippen LogP contribution in [0.2, 0.25) is 10.0 Å². The van der Waals surface area contributed by atoms with Crippen LogP contribution in [0.3, 0.4) is 0 Å². The Labute approximate surface area is 127 Å². The second kappa shape index (κ2) is 7.47. The Morgan fingerprint density at radius 2 is 1.85 bits per heavy atom. The van der Waals surface area contributed by atoms with Crippen LogP contribution in [0.5, 0.6) is 0 Å². The number of benzene rings is 1. The molecule has 2 N–H and O–H groups in total. The first-order valence-electron chi connectivity index (χ1n) is 5.97. The minimum Gasteiger partial charge on any atom is -0.464 e. The van der Waals surface area contributed by atoms with Crippen molar-refractivity contribution in [3.63, 3.8) is 0 Å². The van der Waals surface area contributed by atoms with E-state index >= 15 is 0 Å². The van der Waals surface area contributed by atoms with Crippen molar-refractivity contribution < 1.29 is 14.3 Å². The van der Waals surface area contributed by atoms with Crippen molar-refractivity contribution >= 4 is 35.1 Å². The molecule has 0 aliphatic heterocycles. The summed E-state index contributed by atoms with van der Waals surface area (Å²) in [6.45, 7) is 2.06. The van der Waals surface area contributed by atoms with E-state index in [2.05, 4.69) is 0 Å². The van der Waals surface area contributed by atoms with Crippen LogP contribution in [0.15, 0.2) is 18.2 Å². The molecule has 7 heteroatoms. The zero-order valence-corrected chi connectivity index (χ0v) is 12.7. The van der Waals surface area contributed by atoms with Gasteiger partial charge in [0, 0.05) is 23.6 Å². The molecule has 0 fully saturated rings. The minimum atomic E-state index is -1.32. The van der Waals surface area contributed by atoms with Crippen LogP contribution in [0.4, 0.5) is 0 Å². The molecule has 1 aromatic rings. The number of nitrogens with two attached hydrogens (primary N) is 1. The highest BCUT2D eigenvalue weighted by Crippen LogP contribution is 2.20. The summed E-state index contributed by atoms with van der Waals surface area (Å²) in [6, 6.07) is 3.65. The standard InChI is InChI=1S/C13H16Cl2N2O3/c1-3-20-13(19)11(16)12(18)17(2)7-8-4-9(14)6-10(15)5-8/h4-6,11H,3,7,16H2,1-2H3. The van der Waals surface area contributed by atoms with Gasteiger partial charge in [-0.3, -0.25) is 4.79 Å². The quantitative estimate of drug-likeness (QED) is 0.664. The third-order valence-electron chi connectivity index (χ3n) is 2.52. The molecule has 0 saturated carbocycles. The van der Waals surface area contributed by atoms with E-state index in [1.807, 2.05) is 0 Å². The monoisotopic (exact) mass is 318 g/mol. The molecule has 110 valence electrons. The Balaban J connectivity index is 2.72. The number of rotatable bonds is 5. The van der Waals surface area contributed by atoms with E-state index < -0.39 is 17.9 Å². The summed E-state index contributed by atoms with van der Waals surface area (Å²) in [5.41, 5.74) is 6.29. The summed E-state index contributed by atoms with van der Waals surface area (Å²) < 4.78 is 4.71. The highest BCUT2D eigenvalue weighted by molar-refractivity contribution is 6.34. The van der Waals surface area contributed by atoms with Crippen LogP contribution in [-0.2, 0) is 20.9 Å². The van der Waals surface area contributed by atoms with Gasteiger partial charge >= 0.3 is 5.97 Å². The minimum absolute atomic E-state index is 0.174. The van der Waals surface area contributed by atoms with Crippen molar-refractivity contribution in [2.45, 2.75) is 19.5 Å². The van der Waals surface area contributed by atoms with Gasteiger partial charge in [-0.25, -0.2) is 4.79 Å². The fourth-order valence-corrected chi connectivity index (χ4v) is 2.20. The van der Waals surface area contributed by atoms with Crippen LogP contribution >= 0.6 is 23.2 Å². The highest BCUT2D eigenvalue weighted by atomic mass is 35.5. The zero-order valence-electron chi connectivity index (χ0n) is 11.2. The number of esters is 1. The average Bonchev–Trinajstić information content (AvgIpc) is 2.35. The molecule has 1 aromatic carbocycles. The van der Waals surface area contributed by atoms with Gasteiger partial charge in [0.15, 0.2) is 6.04 Å². The first kappa shape index (κ1) is 16.8. The molecule has 1 rings (SSSR count). The predicted molar refractivity (Wildman–Crippen MR) is 77.5 cm³/mol. The summed E-state index contributed by atoms with van der Waals surface area (Å²) in [6.07, 6.45) is 0. The van der Waals surface area contributed by atoms with Crippen molar-refractivity contribution in [2.24, 2.45) is 5.73 Å². The molecule has 0 bridgehead atoms. The van der Waals surface area contributed by atoms with Gasteiger partial charge in [-0.05, 0) is 30.7 Å². The van der Waals surface area contributed by atoms with E-state index in [-0.39, 0.29) is 13.2 Å². The lowest BCUT2D eigenvalue weighted by Gasteiger charge is -2.20. The Morgan fingerprint density at radius 1 is 1.30 bits per heavy atom. The van der Waals surface area contributed by atoms with E-state index in [0.29, 0.717) is 10.0 Å². The SMILES string of the molecule is CCOC(=O)C(N)C(=O)N(C)Cc1cc(Cl)cc(Cl)c1. The molecular formula is C13H16Cl2N2O3. The smallest absolute Gasteiger partial charge is 0.332 e. The molecule has 0 aromatic heterocycles. The highest BCUT2D eigenvalue weighted by Gasteiger charge is 2.26. The summed E-state index contributed by atoms with van der Waals surface area (Å²) in [4.78, 5) is 24.7. The molecule has 0 heterocycles. The summed E-state index contributed by atoms with van der Waals surface area (Å²) in [7, 11) is 1.54. The molecule has 0 spiro atoms. The van der Waals surface area contributed by atoms with Gasteiger partial charge in [-0.2, -0.15) is 0 Å². The molecular weight excluding hydrogens is 303 g/mol. The van der Waals surface area contributed by atoms with Crippen LogP contribution < -0.4 is 5.73 Å². The van der Waals surface area contributed by atoms with E-state index in [0.717, 1.165) is 5.56 Å². The van der Waals surface area contributed by atoms with Gasteiger partial charge in [0.2, 0.25) is 0 Å². The maximum absolute atomic E-state index is 12.0. The number of nitrogens with zero attached hydrogens (tertiary/aromatic N) is 1. The van der Waals surface area contributed by atoms with Gasteiger partial charge < -0.3 is 15.4 Å². The summed E-state index contributed by atoms with van der Waals surface area (Å²) >= 11 is 11.8. The number of likely N-dealkylation sites (N-methyl/N-ethyl adjacent to an activating group) is 1. The van der Waals surface area contributed by atoms with Gasteiger partial charge in [0.1, 0.15) is 0 Å². The Kier molecular flexibility index (Phi) is 6.26. The molecule has 0 aliphatic carbocycles. The van der Waals surface area contributed by atoms with E-state index in [1.165, 1.54) is 11.9 Å². The number of carbonyl (C=O) groups is 2. The van der Waals surface area contributed by atoms with E-state index in [4.69, 9.17) is 33.7 Å². The third-order valence-corrected chi connectivity index (χ3v) is 2.96. The number of carbonyl (C=O) groups excluding carboxylic acids is 2. The van der Waals surface area contributed by atoms with Crippen LogP contribution in [0.1, 0.15) is 12.5 Å². The Morgan fingerprint density at radius 3 is 2.35 bits per heavy atom.